The molecule has 2 rings (SSSR count). The lowest BCUT2D eigenvalue weighted by molar-refractivity contribution is 0.637. The summed E-state index contributed by atoms with van der Waals surface area (Å²) in [6, 6.07) is 5.51. The van der Waals surface area contributed by atoms with Crippen LogP contribution in [0, 0.1) is 0 Å². The second-order valence-corrected chi connectivity index (χ2v) is 5.02. The molecule has 2 atom stereocenters. The smallest absolute Gasteiger partial charge is 0.0621 e. The number of fused-ring (bicyclic) bond motifs is 1. The number of rotatable bonds is 0. The summed E-state index contributed by atoms with van der Waals surface area (Å²) >= 11 is 5.95. The van der Waals surface area contributed by atoms with Crippen LogP contribution in [0.4, 0.5) is 0 Å². The first kappa shape index (κ1) is 9.19. The summed E-state index contributed by atoms with van der Waals surface area (Å²) in [5.41, 5.74) is 6.83. The molecule has 1 aliphatic rings. The van der Waals surface area contributed by atoms with Crippen molar-refractivity contribution in [3.63, 3.8) is 0 Å². The van der Waals surface area contributed by atoms with Gasteiger partial charge in [0.1, 0.15) is 0 Å². The molecule has 0 aliphatic carbocycles. The van der Waals surface area contributed by atoms with Crippen molar-refractivity contribution < 1.29 is 4.21 Å². The van der Waals surface area contributed by atoms with Crippen LogP contribution in [0.15, 0.2) is 23.1 Å². The molecular weight excluding hydrogens is 206 g/mol. The van der Waals surface area contributed by atoms with Crippen LogP contribution in [0.1, 0.15) is 18.0 Å². The predicted molar refractivity (Wildman–Crippen MR) is 54.3 cm³/mol. The van der Waals surface area contributed by atoms with Crippen LogP contribution in [0.5, 0.6) is 0 Å². The summed E-state index contributed by atoms with van der Waals surface area (Å²) in [5, 5.41) is 0.575. The first-order chi connectivity index (χ1) is 6.20. The highest BCUT2D eigenvalue weighted by Gasteiger charge is 2.23. The van der Waals surface area contributed by atoms with Crippen molar-refractivity contribution >= 4 is 22.4 Å². The molecule has 0 amide bonds. The largest absolute Gasteiger partial charge is 0.324 e. The summed E-state index contributed by atoms with van der Waals surface area (Å²) in [4.78, 5) is 0.739. The molecule has 2 nitrogen and oxygen atoms in total. The van der Waals surface area contributed by atoms with Gasteiger partial charge in [0, 0.05) is 11.8 Å². The van der Waals surface area contributed by atoms with Crippen LogP contribution < -0.4 is 5.73 Å². The van der Waals surface area contributed by atoms with Crippen LogP contribution in [0.2, 0.25) is 5.02 Å². The zero-order valence-electron chi connectivity index (χ0n) is 7.00. The van der Waals surface area contributed by atoms with Gasteiger partial charge in [-0.05, 0) is 18.1 Å². The van der Waals surface area contributed by atoms with Gasteiger partial charge in [-0.2, -0.15) is 0 Å². The van der Waals surface area contributed by atoms with E-state index in [0.29, 0.717) is 10.8 Å². The summed E-state index contributed by atoms with van der Waals surface area (Å²) in [6.45, 7) is 0. The van der Waals surface area contributed by atoms with E-state index in [1.807, 2.05) is 12.1 Å². The molecule has 0 bridgehead atoms. The molecule has 1 heterocycles. The second kappa shape index (κ2) is 3.40. The van der Waals surface area contributed by atoms with Crippen molar-refractivity contribution in [2.75, 3.05) is 5.75 Å². The Kier molecular flexibility index (Phi) is 2.41. The van der Waals surface area contributed by atoms with Crippen molar-refractivity contribution in [2.45, 2.75) is 17.4 Å². The van der Waals surface area contributed by atoms with Crippen molar-refractivity contribution in [3.8, 4) is 0 Å². The Hall–Kier alpha value is -0.380. The van der Waals surface area contributed by atoms with Crippen molar-refractivity contribution in [1.29, 1.82) is 0 Å². The molecule has 1 aromatic carbocycles. The zero-order valence-corrected chi connectivity index (χ0v) is 8.57. The Morgan fingerprint density at radius 2 is 2.31 bits per heavy atom. The quantitative estimate of drug-likeness (QED) is 0.718. The van der Waals surface area contributed by atoms with Gasteiger partial charge in [0.2, 0.25) is 0 Å². The van der Waals surface area contributed by atoms with E-state index in [1.54, 1.807) is 6.07 Å². The highest BCUT2D eigenvalue weighted by molar-refractivity contribution is 7.85. The van der Waals surface area contributed by atoms with E-state index in [2.05, 4.69) is 0 Å². The van der Waals surface area contributed by atoms with Gasteiger partial charge in [0.25, 0.3) is 0 Å². The molecule has 70 valence electrons. The molecule has 0 saturated carbocycles. The fraction of sp³-hybridized carbons (Fsp3) is 0.333. The molecule has 0 spiro atoms. The van der Waals surface area contributed by atoms with E-state index < -0.39 is 10.8 Å². The number of nitrogens with two attached hydrogens (primary N) is 1. The third-order valence-corrected chi connectivity index (χ3v) is 4.18. The summed E-state index contributed by atoms with van der Waals surface area (Å²) in [7, 11) is -0.959. The van der Waals surface area contributed by atoms with Crippen LogP contribution in [0.3, 0.4) is 0 Å². The summed E-state index contributed by atoms with van der Waals surface area (Å²) in [5.74, 6) is 0.623. The number of benzene rings is 1. The average molecular weight is 216 g/mol. The maximum atomic E-state index is 11.6. The van der Waals surface area contributed by atoms with Crippen molar-refractivity contribution in [3.05, 3.63) is 28.8 Å². The minimum atomic E-state index is -0.959. The van der Waals surface area contributed by atoms with Crippen molar-refractivity contribution in [1.82, 2.24) is 0 Å². The maximum absolute atomic E-state index is 11.6. The molecule has 1 aliphatic heterocycles. The van der Waals surface area contributed by atoms with E-state index in [9.17, 15) is 4.21 Å². The third kappa shape index (κ3) is 1.52. The number of hydrogen-bond acceptors (Lipinski definition) is 2. The van der Waals surface area contributed by atoms with Crippen LogP contribution in [-0.4, -0.2) is 9.96 Å². The molecule has 0 radical (unpaired) electrons. The zero-order chi connectivity index (χ0) is 9.42. The first-order valence-electron chi connectivity index (χ1n) is 4.12. The standard InChI is InChI=1S/C9H10ClNOS/c10-7-3-1-2-6-8(11)4-5-13(12)9(6)7/h1-3,8H,4-5,11H2. The van der Waals surface area contributed by atoms with Gasteiger partial charge in [-0.15, -0.1) is 0 Å². The fourth-order valence-electron chi connectivity index (χ4n) is 1.55. The Morgan fingerprint density at radius 1 is 1.54 bits per heavy atom. The van der Waals surface area contributed by atoms with Gasteiger partial charge in [-0.25, -0.2) is 0 Å². The lowest BCUT2D eigenvalue weighted by Crippen LogP contribution is -2.21. The second-order valence-electron chi connectivity index (χ2n) is 3.10. The topological polar surface area (TPSA) is 43.1 Å². The fourth-order valence-corrected chi connectivity index (χ4v) is 3.43. The van der Waals surface area contributed by atoms with Gasteiger partial charge < -0.3 is 5.73 Å². The van der Waals surface area contributed by atoms with E-state index in [-0.39, 0.29) is 6.04 Å². The lowest BCUT2D eigenvalue weighted by atomic mass is 10.1. The van der Waals surface area contributed by atoms with Gasteiger partial charge in [0.05, 0.1) is 20.7 Å². The Morgan fingerprint density at radius 3 is 3.00 bits per heavy atom. The van der Waals surface area contributed by atoms with Crippen LogP contribution in [-0.2, 0) is 10.8 Å². The van der Waals surface area contributed by atoms with Gasteiger partial charge >= 0.3 is 0 Å². The van der Waals surface area contributed by atoms with Crippen molar-refractivity contribution in [2.24, 2.45) is 5.73 Å². The SMILES string of the molecule is NC1CCS(=O)c2c(Cl)cccc21. The molecular formula is C9H10ClNOS. The number of halogens is 1. The molecule has 2 unspecified atom stereocenters. The monoisotopic (exact) mass is 215 g/mol. The molecule has 0 fully saturated rings. The highest BCUT2D eigenvalue weighted by atomic mass is 35.5. The highest BCUT2D eigenvalue weighted by Crippen LogP contribution is 2.33. The normalized spacial score (nSPS) is 26.9. The minimum Gasteiger partial charge on any atom is -0.324 e. The molecule has 0 aromatic heterocycles. The Balaban J connectivity index is 2.63. The third-order valence-electron chi connectivity index (χ3n) is 2.24. The van der Waals surface area contributed by atoms with Crippen LogP contribution >= 0.6 is 11.6 Å². The molecule has 0 saturated heterocycles. The van der Waals surface area contributed by atoms with Gasteiger partial charge in [0.15, 0.2) is 0 Å². The predicted octanol–water partition coefficient (Wildman–Crippen LogP) is 1.85. The molecule has 2 N–H and O–H groups in total. The molecule has 1 aromatic rings. The minimum absolute atomic E-state index is 0.00796. The first-order valence-corrected chi connectivity index (χ1v) is 5.82. The molecule has 13 heavy (non-hydrogen) atoms. The van der Waals surface area contributed by atoms with E-state index >= 15 is 0 Å². The van der Waals surface area contributed by atoms with Gasteiger partial charge in [-0.3, -0.25) is 4.21 Å². The summed E-state index contributed by atoms with van der Waals surface area (Å²) < 4.78 is 11.6. The van der Waals surface area contributed by atoms with E-state index in [0.717, 1.165) is 16.9 Å². The Labute approximate surface area is 84.5 Å². The van der Waals surface area contributed by atoms with E-state index in [4.69, 9.17) is 17.3 Å². The van der Waals surface area contributed by atoms with Crippen LogP contribution in [0.25, 0.3) is 0 Å². The van der Waals surface area contributed by atoms with E-state index in [1.165, 1.54) is 0 Å². The summed E-state index contributed by atoms with van der Waals surface area (Å²) in [6.07, 6.45) is 0.778. The maximum Gasteiger partial charge on any atom is 0.0621 e. The average Bonchev–Trinajstić information content (AvgIpc) is 2.12. The molecule has 4 heteroatoms. The number of hydrogen-bond donors (Lipinski definition) is 1. The lowest BCUT2D eigenvalue weighted by Gasteiger charge is -2.22. The van der Waals surface area contributed by atoms with Gasteiger partial charge in [-0.1, -0.05) is 23.7 Å². The Bertz CT molecular complexity index is 367.